The fourth-order valence-electron chi connectivity index (χ4n) is 2.43. The van der Waals surface area contributed by atoms with Crippen molar-refractivity contribution >= 4 is 22.4 Å². The van der Waals surface area contributed by atoms with Gasteiger partial charge in [-0.15, -0.1) is 13.2 Å². The number of pyridine rings is 2. The van der Waals surface area contributed by atoms with Crippen LogP contribution in [-0.2, 0) is 12.4 Å². The molecule has 0 spiro atoms. The van der Waals surface area contributed by atoms with E-state index in [0.29, 0.717) is 24.4 Å². The lowest BCUT2D eigenvalue weighted by atomic mass is 10.1. The van der Waals surface area contributed by atoms with Gasteiger partial charge in [0.15, 0.2) is 0 Å². The van der Waals surface area contributed by atoms with Crippen molar-refractivity contribution in [2.75, 3.05) is 5.32 Å². The minimum Gasteiger partial charge on any atom is -0.406 e. The van der Waals surface area contributed by atoms with E-state index in [1.807, 2.05) is 0 Å². The molecule has 13 heteroatoms. The molecule has 3 rings (SSSR count). The predicted molar refractivity (Wildman–Crippen MR) is 85.9 cm³/mol. The standard InChI is InChI=1S/C17H8F9N3O/c18-15(19,20)8-1-4-14(27-7-8)29-12-6-13(16(21,22)23)28-11-5-9(2-3-10(11)12)30-17(24,25)26/h1-7H,(H,27,28,29). The van der Waals surface area contributed by atoms with E-state index in [4.69, 9.17) is 0 Å². The number of halogens is 9. The molecule has 160 valence electrons. The first-order chi connectivity index (χ1) is 13.7. The van der Waals surface area contributed by atoms with Gasteiger partial charge in [-0.05, 0) is 30.3 Å². The summed E-state index contributed by atoms with van der Waals surface area (Å²) in [6, 6.07) is 4.66. The molecule has 1 N–H and O–H groups in total. The Kier molecular flexibility index (Phi) is 5.16. The van der Waals surface area contributed by atoms with Gasteiger partial charge < -0.3 is 10.1 Å². The van der Waals surface area contributed by atoms with Crippen molar-refractivity contribution in [3.63, 3.8) is 0 Å². The van der Waals surface area contributed by atoms with E-state index in [1.165, 1.54) is 0 Å². The van der Waals surface area contributed by atoms with Crippen molar-refractivity contribution in [2.45, 2.75) is 18.7 Å². The van der Waals surface area contributed by atoms with Crippen molar-refractivity contribution in [3.8, 4) is 5.75 Å². The van der Waals surface area contributed by atoms with E-state index in [0.717, 1.165) is 18.2 Å². The molecular weight excluding hydrogens is 433 g/mol. The topological polar surface area (TPSA) is 47.0 Å². The van der Waals surface area contributed by atoms with E-state index in [-0.39, 0.29) is 16.9 Å². The van der Waals surface area contributed by atoms with Crippen molar-refractivity contribution in [1.82, 2.24) is 9.97 Å². The molecule has 0 saturated carbocycles. The number of benzene rings is 1. The highest BCUT2D eigenvalue weighted by Crippen LogP contribution is 2.36. The van der Waals surface area contributed by atoms with Gasteiger partial charge in [-0.3, -0.25) is 0 Å². The third-order valence-electron chi connectivity index (χ3n) is 3.66. The first-order valence-corrected chi connectivity index (χ1v) is 7.80. The summed E-state index contributed by atoms with van der Waals surface area (Å²) in [6.07, 6.45) is -14.2. The summed E-state index contributed by atoms with van der Waals surface area (Å²) in [4.78, 5) is 6.80. The van der Waals surface area contributed by atoms with Gasteiger partial charge >= 0.3 is 18.7 Å². The van der Waals surface area contributed by atoms with Crippen LogP contribution in [0.4, 0.5) is 51.0 Å². The minimum atomic E-state index is -5.07. The lowest BCUT2D eigenvalue weighted by molar-refractivity contribution is -0.274. The third-order valence-corrected chi connectivity index (χ3v) is 3.66. The van der Waals surface area contributed by atoms with Crippen molar-refractivity contribution in [3.05, 3.63) is 53.9 Å². The summed E-state index contributed by atoms with van der Waals surface area (Å²) in [7, 11) is 0. The Balaban J connectivity index is 2.06. The third kappa shape index (κ3) is 5.02. The monoisotopic (exact) mass is 441 g/mol. The number of alkyl halides is 9. The number of hydrogen-bond donors (Lipinski definition) is 1. The van der Waals surface area contributed by atoms with Crippen LogP contribution < -0.4 is 10.1 Å². The average Bonchev–Trinajstić information content (AvgIpc) is 2.59. The van der Waals surface area contributed by atoms with Crippen LogP contribution in [0.2, 0.25) is 0 Å². The normalized spacial score (nSPS) is 12.8. The number of rotatable bonds is 3. The van der Waals surface area contributed by atoms with Gasteiger partial charge in [0, 0.05) is 17.6 Å². The molecule has 4 nitrogen and oxygen atoms in total. The largest absolute Gasteiger partial charge is 0.573 e. The van der Waals surface area contributed by atoms with Crippen LogP contribution in [0, 0.1) is 0 Å². The number of hydrogen-bond acceptors (Lipinski definition) is 4. The zero-order valence-electron chi connectivity index (χ0n) is 14.2. The number of nitrogens with zero attached hydrogens (tertiary/aromatic N) is 2. The molecule has 0 aliphatic heterocycles. The molecule has 30 heavy (non-hydrogen) atoms. The van der Waals surface area contributed by atoms with Crippen molar-refractivity contribution in [2.24, 2.45) is 0 Å². The maximum Gasteiger partial charge on any atom is 0.573 e. The zero-order valence-corrected chi connectivity index (χ0v) is 14.2. The number of fused-ring (bicyclic) bond motifs is 1. The molecule has 0 bridgehead atoms. The van der Waals surface area contributed by atoms with Crippen LogP contribution in [-0.4, -0.2) is 16.3 Å². The molecule has 0 radical (unpaired) electrons. The summed E-state index contributed by atoms with van der Waals surface area (Å²) < 4.78 is 118. The second kappa shape index (κ2) is 7.22. The van der Waals surface area contributed by atoms with E-state index < -0.39 is 41.2 Å². The number of ether oxygens (including phenoxy) is 1. The number of aromatic nitrogens is 2. The van der Waals surface area contributed by atoms with Crippen molar-refractivity contribution < 1.29 is 44.3 Å². The van der Waals surface area contributed by atoms with E-state index in [1.54, 1.807) is 0 Å². The molecule has 0 atom stereocenters. The van der Waals surface area contributed by atoms with E-state index >= 15 is 0 Å². The predicted octanol–water partition coefficient (Wildman–Crippen LogP) is 6.31. The maximum absolute atomic E-state index is 13.1. The SMILES string of the molecule is FC(F)(F)Oc1ccc2c(Nc3ccc(C(F)(F)F)cn3)cc(C(F)(F)F)nc2c1. The fraction of sp³-hybridized carbons (Fsp3) is 0.176. The average molecular weight is 441 g/mol. The smallest absolute Gasteiger partial charge is 0.406 e. The Bertz CT molecular complexity index is 1060. The molecular formula is C17H8F9N3O. The Morgan fingerprint density at radius 2 is 1.50 bits per heavy atom. The highest BCUT2D eigenvalue weighted by molar-refractivity contribution is 5.93. The van der Waals surface area contributed by atoms with Crippen molar-refractivity contribution in [1.29, 1.82) is 0 Å². The molecule has 2 aromatic heterocycles. The summed E-state index contributed by atoms with van der Waals surface area (Å²) >= 11 is 0. The first kappa shape index (κ1) is 21.5. The van der Waals surface area contributed by atoms with Gasteiger partial charge in [0.25, 0.3) is 0 Å². The van der Waals surface area contributed by atoms with Crippen LogP contribution >= 0.6 is 0 Å². The quantitative estimate of drug-likeness (QED) is 0.484. The van der Waals surface area contributed by atoms with Crippen LogP contribution in [0.25, 0.3) is 10.9 Å². The van der Waals surface area contributed by atoms with Gasteiger partial charge in [-0.2, -0.15) is 26.3 Å². The summed E-state index contributed by atoms with van der Waals surface area (Å²) in [6.45, 7) is 0. The van der Waals surface area contributed by atoms with Crippen LogP contribution in [0.5, 0.6) is 5.75 Å². The zero-order chi connectivity index (χ0) is 22.3. The van der Waals surface area contributed by atoms with Gasteiger partial charge in [-0.1, -0.05) is 0 Å². The first-order valence-electron chi connectivity index (χ1n) is 7.80. The van der Waals surface area contributed by atoms with Crippen LogP contribution in [0.3, 0.4) is 0 Å². The van der Waals surface area contributed by atoms with Gasteiger partial charge in [-0.25, -0.2) is 9.97 Å². The Morgan fingerprint density at radius 3 is 2.03 bits per heavy atom. The van der Waals surface area contributed by atoms with E-state index in [2.05, 4.69) is 20.0 Å². The molecule has 0 saturated heterocycles. The second-order valence-electron chi connectivity index (χ2n) is 5.83. The molecule has 0 unspecified atom stereocenters. The lowest BCUT2D eigenvalue weighted by Crippen LogP contribution is -2.17. The molecule has 0 amide bonds. The molecule has 0 aliphatic carbocycles. The minimum absolute atomic E-state index is 0.0424. The van der Waals surface area contributed by atoms with E-state index in [9.17, 15) is 39.5 Å². The summed E-state index contributed by atoms with van der Waals surface area (Å²) in [5, 5.41) is 2.38. The molecule has 3 aromatic rings. The maximum atomic E-state index is 13.1. The molecule has 2 heterocycles. The Labute approximate surface area is 161 Å². The summed E-state index contributed by atoms with van der Waals surface area (Å²) in [5.74, 6) is -1.01. The molecule has 0 fully saturated rings. The van der Waals surface area contributed by atoms with Gasteiger partial charge in [0.1, 0.15) is 17.3 Å². The second-order valence-corrected chi connectivity index (χ2v) is 5.83. The Morgan fingerprint density at radius 1 is 0.800 bits per heavy atom. The number of anilines is 2. The Hall–Kier alpha value is -3.25. The molecule has 1 aromatic carbocycles. The van der Waals surface area contributed by atoms with Crippen LogP contribution in [0.15, 0.2) is 42.6 Å². The summed E-state index contributed by atoms with van der Waals surface area (Å²) in [5.41, 5.74) is -3.27. The fourth-order valence-corrected chi connectivity index (χ4v) is 2.43. The number of nitrogens with one attached hydrogen (secondary N) is 1. The van der Waals surface area contributed by atoms with Crippen LogP contribution in [0.1, 0.15) is 11.3 Å². The molecule has 0 aliphatic rings. The lowest BCUT2D eigenvalue weighted by Gasteiger charge is -2.15. The van der Waals surface area contributed by atoms with Gasteiger partial charge in [0.05, 0.1) is 16.8 Å². The highest BCUT2D eigenvalue weighted by Gasteiger charge is 2.35. The van der Waals surface area contributed by atoms with Gasteiger partial charge in [0.2, 0.25) is 0 Å². The highest BCUT2D eigenvalue weighted by atomic mass is 19.4.